The molecule has 0 bridgehead atoms. The number of unbranched alkanes of at least 4 members (excludes halogenated alkanes) is 56. The molecule has 0 aliphatic heterocycles. The molecule has 1 amide bonds. The van der Waals surface area contributed by atoms with Gasteiger partial charge in [0.15, 0.2) is 0 Å². The Bertz CT molecular complexity index is 1280. The SMILES string of the molecule is CCCCCCCCC/C=C\CCCCCCCC(=O)OCCCCCCCCCCCCCC/C=C\CCCCCCCCCCC(=O)NC(CO)C(O)CCCCCCCCCCCCCCCCCCCCCCCCCCC. The topological polar surface area (TPSA) is 95.9 Å². The van der Waals surface area contributed by atoms with E-state index in [4.69, 9.17) is 4.74 Å². The van der Waals surface area contributed by atoms with Gasteiger partial charge in [-0.15, -0.1) is 0 Å². The summed E-state index contributed by atoms with van der Waals surface area (Å²) in [6.07, 6.45) is 91.0. The molecule has 0 rings (SSSR count). The van der Waals surface area contributed by atoms with Crippen LogP contribution in [-0.4, -0.2) is 47.4 Å². The first-order chi connectivity index (χ1) is 40.5. The number of aliphatic hydroxyl groups is 2. The number of rotatable bonds is 71. The summed E-state index contributed by atoms with van der Waals surface area (Å²) in [6.45, 7) is 4.99. The minimum atomic E-state index is -0.669. The molecule has 486 valence electrons. The van der Waals surface area contributed by atoms with Gasteiger partial charge in [-0.25, -0.2) is 0 Å². The zero-order valence-corrected chi connectivity index (χ0v) is 55.8. The number of carbonyl (C=O) groups is 2. The maximum Gasteiger partial charge on any atom is 0.305 e. The van der Waals surface area contributed by atoms with Crippen molar-refractivity contribution in [3.05, 3.63) is 24.3 Å². The number of carbonyl (C=O) groups excluding carboxylic acids is 2. The van der Waals surface area contributed by atoms with E-state index in [0.717, 1.165) is 44.9 Å². The number of hydrogen-bond acceptors (Lipinski definition) is 5. The average molecular weight is 1160 g/mol. The standard InChI is InChI=1S/C76H147NO5/c1-3-5-7-9-11-13-15-17-19-21-22-23-24-25-28-31-34-37-40-44-48-52-56-60-64-68-74(79)73(72-78)77-75(80)69-65-61-57-53-49-45-41-38-35-32-29-26-27-30-33-36-39-43-47-51-55-59-63-67-71-82-76(81)70-66-62-58-54-50-46-42-20-18-16-14-12-10-8-6-4-2/h20,29,32,42,73-74,78-79H,3-19,21-28,30-31,33-41,43-72H2,1-2H3,(H,77,80)/b32-29-,42-20-. The number of allylic oxidation sites excluding steroid dienone is 4. The van der Waals surface area contributed by atoms with Gasteiger partial charge in [-0.2, -0.15) is 0 Å². The predicted octanol–water partition coefficient (Wildman–Crippen LogP) is 24.5. The average Bonchev–Trinajstić information content (AvgIpc) is 3.48. The Morgan fingerprint density at radius 1 is 0.329 bits per heavy atom. The van der Waals surface area contributed by atoms with Crippen LogP contribution in [0.2, 0.25) is 0 Å². The number of aliphatic hydroxyl groups excluding tert-OH is 2. The highest BCUT2D eigenvalue weighted by molar-refractivity contribution is 5.76. The fourth-order valence-corrected chi connectivity index (χ4v) is 12.0. The largest absolute Gasteiger partial charge is 0.466 e. The fraction of sp³-hybridized carbons (Fsp3) is 0.921. The van der Waals surface area contributed by atoms with Gasteiger partial charge < -0.3 is 20.3 Å². The van der Waals surface area contributed by atoms with Crippen LogP contribution in [-0.2, 0) is 14.3 Å². The van der Waals surface area contributed by atoms with Gasteiger partial charge in [0.2, 0.25) is 5.91 Å². The minimum absolute atomic E-state index is 0.00630. The number of ether oxygens (including phenoxy) is 1. The van der Waals surface area contributed by atoms with Crippen molar-refractivity contribution in [2.45, 2.75) is 437 Å². The van der Waals surface area contributed by atoms with Gasteiger partial charge in [0, 0.05) is 12.8 Å². The lowest BCUT2D eigenvalue weighted by atomic mass is 10.0. The second-order valence-corrected chi connectivity index (χ2v) is 26.0. The maximum atomic E-state index is 12.6. The summed E-state index contributed by atoms with van der Waals surface area (Å²) in [7, 11) is 0. The molecule has 6 nitrogen and oxygen atoms in total. The molecule has 0 aliphatic carbocycles. The summed E-state index contributed by atoms with van der Waals surface area (Å²) in [5, 5.41) is 23.5. The lowest BCUT2D eigenvalue weighted by Crippen LogP contribution is -2.45. The van der Waals surface area contributed by atoms with Gasteiger partial charge in [-0.3, -0.25) is 9.59 Å². The summed E-state index contributed by atoms with van der Waals surface area (Å²) < 4.78 is 5.50. The van der Waals surface area contributed by atoms with E-state index < -0.39 is 12.1 Å². The highest BCUT2D eigenvalue weighted by Crippen LogP contribution is 2.19. The number of nitrogens with one attached hydrogen (secondary N) is 1. The zero-order chi connectivity index (χ0) is 59.2. The number of esters is 1. The van der Waals surface area contributed by atoms with Gasteiger partial charge in [-0.05, 0) is 77.0 Å². The molecular formula is C76H147NO5. The van der Waals surface area contributed by atoms with Crippen molar-refractivity contribution in [1.82, 2.24) is 5.32 Å². The smallest absolute Gasteiger partial charge is 0.305 e. The maximum absolute atomic E-state index is 12.6. The predicted molar refractivity (Wildman–Crippen MR) is 361 cm³/mol. The molecule has 0 saturated carbocycles. The highest BCUT2D eigenvalue weighted by atomic mass is 16.5. The molecular weight excluding hydrogens is 1010 g/mol. The monoisotopic (exact) mass is 1150 g/mol. The van der Waals surface area contributed by atoms with Crippen molar-refractivity contribution in [3.8, 4) is 0 Å². The minimum Gasteiger partial charge on any atom is -0.466 e. The Balaban J connectivity index is 3.40. The van der Waals surface area contributed by atoms with Crippen LogP contribution in [0.3, 0.4) is 0 Å². The fourth-order valence-electron chi connectivity index (χ4n) is 12.0. The second-order valence-electron chi connectivity index (χ2n) is 26.0. The summed E-state index contributed by atoms with van der Waals surface area (Å²) >= 11 is 0. The third-order valence-corrected chi connectivity index (χ3v) is 17.7. The van der Waals surface area contributed by atoms with Crippen molar-refractivity contribution in [3.63, 3.8) is 0 Å². The Labute approximate surface area is 513 Å². The molecule has 0 aromatic heterocycles. The first-order valence-corrected chi connectivity index (χ1v) is 37.6. The van der Waals surface area contributed by atoms with Gasteiger partial charge in [0.05, 0.1) is 25.4 Å². The molecule has 0 aromatic carbocycles. The van der Waals surface area contributed by atoms with E-state index in [1.54, 1.807) is 0 Å². The molecule has 6 heteroatoms. The summed E-state index contributed by atoms with van der Waals surface area (Å²) in [6, 6.07) is -0.546. The normalized spacial score (nSPS) is 12.6. The summed E-state index contributed by atoms with van der Waals surface area (Å²) in [5.74, 6) is -0.0281. The summed E-state index contributed by atoms with van der Waals surface area (Å²) in [5.41, 5.74) is 0. The third kappa shape index (κ3) is 67.5. The van der Waals surface area contributed by atoms with Crippen molar-refractivity contribution in [2.24, 2.45) is 0 Å². The van der Waals surface area contributed by atoms with Crippen LogP contribution in [0.25, 0.3) is 0 Å². The van der Waals surface area contributed by atoms with Gasteiger partial charge in [-0.1, -0.05) is 359 Å². The van der Waals surface area contributed by atoms with E-state index in [1.807, 2.05) is 0 Å². The van der Waals surface area contributed by atoms with Gasteiger partial charge in [0.1, 0.15) is 0 Å². The molecule has 82 heavy (non-hydrogen) atoms. The molecule has 0 heterocycles. The third-order valence-electron chi connectivity index (χ3n) is 17.7. The van der Waals surface area contributed by atoms with Crippen molar-refractivity contribution in [2.75, 3.05) is 13.2 Å². The lowest BCUT2D eigenvalue weighted by molar-refractivity contribution is -0.143. The van der Waals surface area contributed by atoms with E-state index in [2.05, 4.69) is 43.5 Å². The van der Waals surface area contributed by atoms with Crippen molar-refractivity contribution >= 4 is 11.9 Å². The van der Waals surface area contributed by atoms with Crippen LogP contribution in [0.1, 0.15) is 425 Å². The first kappa shape index (κ1) is 80.3. The highest BCUT2D eigenvalue weighted by Gasteiger charge is 2.20. The quantitative estimate of drug-likeness (QED) is 0.0320. The molecule has 0 saturated heterocycles. The molecule has 0 aliphatic rings. The van der Waals surface area contributed by atoms with Crippen molar-refractivity contribution in [1.29, 1.82) is 0 Å². The number of amides is 1. The molecule has 3 N–H and O–H groups in total. The van der Waals surface area contributed by atoms with E-state index >= 15 is 0 Å². The van der Waals surface area contributed by atoms with Crippen LogP contribution in [0.5, 0.6) is 0 Å². The van der Waals surface area contributed by atoms with Crippen molar-refractivity contribution < 1.29 is 24.5 Å². The Hall–Kier alpha value is -1.66. The number of hydrogen-bond donors (Lipinski definition) is 3. The van der Waals surface area contributed by atoms with E-state index in [0.29, 0.717) is 25.9 Å². The summed E-state index contributed by atoms with van der Waals surface area (Å²) in [4.78, 5) is 24.7. The molecule has 0 radical (unpaired) electrons. The lowest BCUT2D eigenvalue weighted by Gasteiger charge is -2.22. The molecule has 0 spiro atoms. The Kier molecular flexibility index (Phi) is 70.4. The zero-order valence-electron chi connectivity index (χ0n) is 55.8. The Morgan fingerprint density at radius 2 is 0.573 bits per heavy atom. The first-order valence-electron chi connectivity index (χ1n) is 37.6. The molecule has 2 unspecified atom stereocenters. The van der Waals surface area contributed by atoms with E-state index in [-0.39, 0.29) is 18.5 Å². The van der Waals surface area contributed by atoms with Gasteiger partial charge in [0.25, 0.3) is 0 Å². The molecule has 2 atom stereocenters. The van der Waals surface area contributed by atoms with Gasteiger partial charge >= 0.3 is 5.97 Å². The van der Waals surface area contributed by atoms with Crippen LogP contribution in [0.15, 0.2) is 24.3 Å². The molecule has 0 aromatic rings. The van der Waals surface area contributed by atoms with Crippen LogP contribution >= 0.6 is 0 Å². The molecule has 0 fully saturated rings. The second kappa shape index (κ2) is 71.8. The van der Waals surface area contributed by atoms with Crippen LogP contribution in [0.4, 0.5) is 0 Å². The van der Waals surface area contributed by atoms with Crippen LogP contribution < -0.4 is 5.32 Å². The van der Waals surface area contributed by atoms with E-state index in [9.17, 15) is 19.8 Å². The Morgan fingerprint density at radius 3 is 0.866 bits per heavy atom. The van der Waals surface area contributed by atoms with E-state index in [1.165, 1.54) is 347 Å². The van der Waals surface area contributed by atoms with Crippen LogP contribution in [0, 0.1) is 0 Å².